The van der Waals surface area contributed by atoms with Gasteiger partial charge in [-0.25, -0.2) is 0 Å². The van der Waals surface area contributed by atoms with Crippen LogP contribution in [0.1, 0.15) is 37.3 Å². The fraction of sp³-hybridized carbons (Fsp3) is 0.632. The van der Waals surface area contributed by atoms with E-state index in [1.54, 1.807) is 12.4 Å². The summed E-state index contributed by atoms with van der Waals surface area (Å²) >= 11 is 0. The van der Waals surface area contributed by atoms with Gasteiger partial charge >= 0.3 is 0 Å². The summed E-state index contributed by atoms with van der Waals surface area (Å²) in [7, 11) is 0. The van der Waals surface area contributed by atoms with Crippen molar-refractivity contribution in [3.63, 3.8) is 0 Å². The number of ether oxygens (including phenoxy) is 1. The topological polar surface area (TPSA) is 83.0 Å². The minimum atomic E-state index is -0.692. The highest BCUT2D eigenvalue weighted by molar-refractivity contribution is 5.87. The molecule has 0 radical (unpaired) electrons. The Labute approximate surface area is 152 Å². The summed E-state index contributed by atoms with van der Waals surface area (Å²) in [6, 6.07) is 3.52. The van der Waals surface area contributed by atoms with Gasteiger partial charge in [0.15, 0.2) is 6.10 Å². The van der Waals surface area contributed by atoms with E-state index in [2.05, 4.69) is 4.98 Å². The first-order valence-corrected chi connectivity index (χ1v) is 9.41. The maximum absolute atomic E-state index is 13.2. The molecule has 4 rings (SSSR count). The van der Waals surface area contributed by atoms with Crippen molar-refractivity contribution < 1.29 is 19.4 Å². The molecule has 3 fully saturated rings. The molecule has 2 amide bonds. The third-order valence-electron chi connectivity index (χ3n) is 5.65. The molecule has 1 aliphatic carbocycles. The molecule has 26 heavy (non-hydrogen) atoms. The number of carbonyl (C=O) groups is 2. The Morgan fingerprint density at radius 1 is 1.27 bits per heavy atom. The summed E-state index contributed by atoms with van der Waals surface area (Å²) in [5.41, 5.74) is 0.844. The van der Waals surface area contributed by atoms with Gasteiger partial charge in [0.25, 0.3) is 5.91 Å². The number of hydrogen-bond donors (Lipinski definition) is 1. The Morgan fingerprint density at radius 3 is 2.65 bits per heavy atom. The first-order chi connectivity index (χ1) is 12.7. The summed E-state index contributed by atoms with van der Waals surface area (Å²) in [5.74, 6) is 0.155. The van der Waals surface area contributed by atoms with Crippen LogP contribution in [0.15, 0.2) is 24.5 Å². The Balaban J connectivity index is 1.58. The third kappa shape index (κ3) is 3.33. The number of aromatic nitrogens is 1. The third-order valence-corrected chi connectivity index (χ3v) is 5.65. The lowest BCUT2D eigenvalue weighted by molar-refractivity contribution is -0.171. The van der Waals surface area contributed by atoms with Gasteiger partial charge in [-0.2, -0.15) is 0 Å². The number of morpholine rings is 1. The van der Waals surface area contributed by atoms with Gasteiger partial charge in [0.05, 0.1) is 6.04 Å². The SMILES string of the molecule is O=C([C@H]1OCC(=O)N(C2CC2)[C@@H]1c1cccnc1)N1CCC(CO)CC1. The number of hydrogen-bond acceptors (Lipinski definition) is 5. The monoisotopic (exact) mass is 359 g/mol. The highest BCUT2D eigenvalue weighted by Crippen LogP contribution is 2.40. The second kappa shape index (κ2) is 7.32. The van der Waals surface area contributed by atoms with Crippen LogP contribution in [0.5, 0.6) is 0 Å². The Bertz CT molecular complexity index is 656. The van der Waals surface area contributed by atoms with E-state index in [4.69, 9.17) is 4.74 Å². The molecule has 0 bridgehead atoms. The van der Waals surface area contributed by atoms with E-state index >= 15 is 0 Å². The number of amides is 2. The zero-order valence-electron chi connectivity index (χ0n) is 14.8. The molecule has 0 aromatic carbocycles. The number of nitrogens with zero attached hydrogens (tertiary/aromatic N) is 3. The maximum Gasteiger partial charge on any atom is 0.254 e. The van der Waals surface area contributed by atoms with Gasteiger partial charge in [0.2, 0.25) is 5.91 Å². The number of piperidine rings is 1. The minimum Gasteiger partial charge on any atom is -0.396 e. The van der Waals surface area contributed by atoms with Gasteiger partial charge < -0.3 is 19.6 Å². The van der Waals surface area contributed by atoms with Gasteiger partial charge in [-0.05, 0) is 43.2 Å². The van der Waals surface area contributed by atoms with Crippen molar-refractivity contribution in [3.8, 4) is 0 Å². The molecule has 1 aromatic rings. The highest BCUT2D eigenvalue weighted by atomic mass is 16.5. The van der Waals surface area contributed by atoms with Crippen molar-refractivity contribution in [2.45, 2.75) is 43.9 Å². The molecule has 2 saturated heterocycles. The Kier molecular flexibility index (Phi) is 4.91. The number of rotatable bonds is 4. The van der Waals surface area contributed by atoms with Gasteiger partial charge in [0.1, 0.15) is 6.61 Å². The van der Waals surface area contributed by atoms with Gasteiger partial charge in [-0.1, -0.05) is 6.07 Å². The molecule has 1 saturated carbocycles. The molecule has 140 valence electrons. The number of pyridine rings is 1. The molecule has 0 spiro atoms. The molecule has 1 aromatic heterocycles. The van der Waals surface area contributed by atoms with E-state index in [0.29, 0.717) is 13.1 Å². The fourth-order valence-electron chi connectivity index (χ4n) is 4.02. The molecule has 3 aliphatic rings. The van der Waals surface area contributed by atoms with E-state index < -0.39 is 12.1 Å². The zero-order chi connectivity index (χ0) is 18.1. The first kappa shape index (κ1) is 17.4. The molecule has 3 heterocycles. The molecule has 0 unspecified atom stereocenters. The van der Waals surface area contributed by atoms with Crippen LogP contribution in [0.2, 0.25) is 0 Å². The highest BCUT2D eigenvalue weighted by Gasteiger charge is 2.48. The van der Waals surface area contributed by atoms with Crippen LogP contribution in [-0.4, -0.2) is 70.2 Å². The number of likely N-dealkylation sites (tertiary alicyclic amines) is 1. The van der Waals surface area contributed by atoms with Crippen LogP contribution >= 0.6 is 0 Å². The Morgan fingerprint density at radius 2 is 2.04 bits per heavy atom. The molecule has 7 heteroatoms. The van der Waals surface area contributed by atoms with Crippen molar-refractivity contribution >= 4 is 11.8 Å². The molecular formula is C19H25N3O4. The van der Waals surface area contributed by atoms with E-state index in [1.165, 1.54) is 0 Å². The maximum atomic E-state index is 13.2. The summed E-state index contributed by atoms with van der Waals surface area (Å²) in [6.45, 7) is 1.38. The predicted octanol–water partition coefficient (Wildman–Crippen LogP) is 0.743. The lowest BCUT2D eigenvalue weighted by atomic mass is 9.94. The minimum absolute atomic E-state index is 0.0449. The predicted molar refractivity (Wildman–Crippen MR) is 93.0 cm³/mol. The largest absolute Gasteiger partial charge is 0.396 e. The molecule has 1 N–H and O–H groups in total. The molecule has 2 aliphatic heterocycles. The Hall–Kier alpha value is -1.99. The second-order valence-electron chi connectivity index (χ2n) is 7.45. The standard InChI is InChI=1S/C19H25N3O4/c23-11-13-5-8-21(9-6-13)19(25)18-17(14-2-1-7-20-10-14)22(15-3-4-15)16(24)12-26-18/h1-2,7,10,13,15,17-18,23H,3-6,8-9,11-12H2/t17-,18+/m1/s1. The quantitative estimate of drug-likeness (QED) is 0.858. The van der Waals surface area contributed by atoms with Crippen molar-refractivity contribution in [1.29, 1.82) is 0 Å². The van der Waals surface area contributed by atoms with Crippen LogP contribution in [-0.2, 0) is 14.3 Å². The van der Waals surface area contributed by atoms with Crippen molar-refractivity contribution in [2.24, 2.45) is 5.92 Å². The summed E-state index contributed by atoms with van der Waals surface area (Å²) < 4.78 is 5.77. The smallest absolute Gasteiger partial charge is 0.254 e. The second-order valence-corrected chi connectivity index (χ2v) is 7.45. The molecule has 2 atom stereocenters. The van der Waals surface area contributed by atoms with Crippen molar-refractivity contribution in [3.05, 3.63) is 30.1 Å². The summed E-state index contributed by atoms with van der Waals surface area (Å²) in [5, 5.41) is 9.31. The van der Waals surface area contributed by atoms with E-state index in [9.17, 15) is 14.7 Å². The number of carbonyl (C=O) groups excluding carboxylic acids is 2. The van der Waals surface area contributed by atoms with Gasteiger partial charge in [-0.3, -0.25) is 14.6 Å². The van der Waals surface area contributed by atoms with Crippen molar-refractivity contribution in [2.75, 3.05) is 26.3 Å². The van der Waals surface area contributed by atoms with Gasteiger partial charge in [0, 0.05) is 38.1 Å². The number of aliphatic hydroxyl groups excluding tert-OH is 1. The lowest BCUT2D eigenvalue weighted by Crippen LogP contribution is -2.56. The normalized spacial score (nSPS) is 27.7. The van der Waals surface area contributed by atoms with Crippen LogP contribution in [0, 0.1) is 5.92 Å². The van der Waals surface area contributed by atoms with Crippen LogP contribution in [0.25, 0.3) is 0 Å². The van der Waals surface area contributed by atoms with Crippen LogP contribution in [0.4, 0.5) is 0 Å². The molecular weight excluding hydrogens is 334 g/mol. The lowest BCUT2D eigenvalue weighted by Gasteiger charge is -2.43. The summed E-state index contributed by atoms with van der Waals surface area (Å²) in [4.78, 5) is 33.6. The van der Waals surface area contributed by atoms with E-state index in [-0.39, 0.29) is 37.0 Å². The van der Waals surface area contributed by atoms with Crippen LogP contribution in [0.3, 0.4) is 0 Å². The average molecular weight is 359 g/mol. The van der Waals surface area contributed by atoms with Crippen LogP contribution < -0.4 is 0 Å². The van der Waals surface area contributed by atoms with Gasteiger partial charge in [-0.15, -0.1) is 0 Å². The fourth-order valence-corrected chi connectivity index (χ4v) is 4.02. The van der Waals surface area contributed by atoms with E-state index in [1.807, 2.05) is 21.9 Å². The number of aliphatic hydroxyl groups is 1. The summed E-state index contributed by atoms with van der Waals surface area (Å²) in [6.07, 6.45) is 6.28. The van der Waals surface area contributed by atoms with Crippen molar-refractivity contribution in [1.82, 2.24) is 14.8 Å². The average Bonchev–Trinajstić information content (AvgIpc) is 3.53. The molecule has 7 nitrogen and oxygen atoms in total. The first-order valence-electron chi connectivity index (χ1n) is 9.41. The zero-order valence-corrected chi connectivity index (χ0v) is 14.8. The van der Waals surface area contributed by atoms with E-state index in [0.717, 1.165) is 31.2 Å².